The molecule has 3 aromatic carbocycles. The number of carbonyl (C=O) groups excluding carboxylic acids is 2. The van der Waals surface area contributed by atoms with E-state index in [1.54, 1.807) is 48.5 Å². The maximum atomic E-state index is 12.5. The minimum Gasteiger partial charge on any atom is -0.490 e. The van der Waals surface area contributed by atoms with Crippen molar-refractivity contribution in [2.75, 3.05) is 6.61 Å². The third-order valence-electron chi connectivity index (χ3n) is 4.87. The van der Waals surface area contributed by atoms with Gasteiger partial charge in [0, 0.05) is 0 Å². The number of nitriles is 1. The molecule has 0 aromatic heterocycles. The van der Waals surface area contributed by atoms with E-state index >= 15 is 0 Å². The van der Waals surface area contributed by atoms with Crippen molar-refractivity contribution in [3.8, 4) is 22.9 Å². The summed E-state index contributed by atoms with van der Waals surface area (Å²) < 4.78 is 5.88. The van der Waals surface area contributed by atoms with Gasteiger partial charge in [-0.1, -0.05) is 54.6 Å². The second-order valence-corrected chi connectivity index (χ2v) is 6.68. The quantitative estimate of drug-likeness (QED) is 0.661. The fraction of sp³-hybridized carbons (Fsp3) is 0.0870. The number of urea groups is 1. The summed E-state index contributed by atoms with van der Waals surface area (Å²) >= 11 is 0. The third-order valence-corrected chi connectivity index (χ3v) is 4.87. The zero-order valence-corrected chi connectivity index (χ0v) is 15.4. The van der Waals surface area contributed by atoms with Crippen molar-refractivity contribution in [2.45, 2.75) is 5.54 Å². The molecule has 3 amide bonds. The summed E-state index contributed by atoms with van der Waals surface area (Å²) in [6.45, 7) is -0.0369. The van der Waals surface area contributed by atoms with Crippen molar-refractivity contribution in [3.63, 3.8) is 0 Å². The molecule has 6 nitrogen and oxygen atoms in total. The van der Waals surface area contributed by atoms with Crippen LogP contribution in [-0.4, -0.2) is 18.5 Å². The number of hydrogen-bond acceptors (Lipinski definition) is 4. The molecular formula is C23H17N3O3. The summed E-state index contributed by atoms with van der Waals surface area (Å²) in [5.41, 5.74) is 1.95. The number of nitrogens with one attached hydrogen (secondary N) is 2. The highest BCUT2D eigenvalue weighted by atomic mass is 16.5. The molecule has 4 rings (SSSR count). The van der Waals surface area contributed by atoms with Gasteiger partial charge in [-0.2, -0.15) is 5.26 Å². The minimum atomic E-state index is -1.27. The van der Waals surface area contributed by atoms with Gasteiger partial charge >= 0.3 is 6.03 Å². The summed E-state index contributed by atoms with van der Waals surface area (Å²) in [6.07, 6.45) is 0. The molecular weight excluding hydrogens is 366 g/mol. The first-order chi connectivity index (χ1) is 14.1. The van der Waals surface area contributed by atoms with E-state index in [0.717, 1.165) is 11.1 Å². The van der Waals surface area contributed by atoms with Crippen LogP contribution in [-0.2, 0) is 10.3 Å². The Bertz CT molecular complexity index is 1090. The average molecular weight is 383 g/mol. The molecule has 0 spiro atoms. The highest BCUT2D eigenvalue weighted by molar-refractivity contribution is 6.07. The molecule has 1 unspecified atom stereocenters. The van der Waals surface area contributed by atoms with Gasteiger partial charge in [0.05, 0.1) is 11.6 Å². The molecule has 1 aliphatic heterocycles. The summed E-state index contributed by atoms with van der Waals surface area (Å²) in [4.78, 5) is 24.3. The first-order valence-electron chi connectivity index (χ1n) is 9.03. The standard InChI is InChI=1S/C23H17N3O3/c24-14-16-6-8-17(9-7-16)18-10-12-20(13-11-18)29-15-23(19-4-2-1-3-5-19)21(27)25-22(28)26-23/h1-13H,15H2,(H2,25,26,27,28). The molecule has 1 aliphatic rings. The van der Waals surface area contributed by atoms with Crippen LogP contribution in [0.3, 0.4) is 0 Å². The van der Waals surface area contributed by atoms with E-state index in [1.807, 2.05) is 30.3 Å². The average Bonchev–Trinajstić information content (AvgIpc) is 3.07. The van der Waals surface area contributed by atoms with Crippen LogP contribution in [0.4, 0.5) is 4.79 Å². The molecule has 6 heteroatoms. The second-order valence-electron chi connectivity index (χ2n) is 6.68. The summed E-state index contributed by atoms with van der Waals surface area (Å²) in [5.74, 6) is 0.134. The zero-order chi connectivity index (χ0) is 20.3. The fourth-order valence-electron chi connectivity index (χ4n) is 3.27. The summed E-state index contributed by atoms with van der Waals surface area (Å²) in [6, 6.07) is 25.3. The first kappa shape index (κ1) is 18.3. The van der Waals surface area contributed by atoms with Gasteiger partial charge in [-0.25, -0.2) is 4.79 Å². The Morgan fingerprint density at radius 1 is 0.862 bits per heavy atom. The molecule has 1 heterocycles. The Balaban J connectivity index is 1.53. The Hall–Kier alpha value is -4.11. The van der Waals surface area contributed by atoms with Gasteiger partial charge in [0.1, 0.15) is 12.4 Å². The van der Waals surface area contributed by atoms with E-state index in [1.165, 1.54) is 0 Å². The van der Waals surface area contributed by atoms with E-state index in [0.29, 0.717) is 16.9 Å². The van der Waals surface area contributed by atoms with Crippen molar-refractivity contribution in [1.29, 1.82) is 5.26 Å². The Morgan fingerprint density at radius 2 is 1.48 bits per heavy atom. The number of hydrogen-bond donors (Lipinski definition) is 2. The Kier molecular flexibility index (Phi) is 4.71. The van der Waals surface area contributed by atoms with Crippen molar-refractivity contribution < 1.29 is 14.3 Å². The van der Waals surface area contributed by atoms with Gasteiger partial charge in [0.25, 0.3) is 5.91 Å². The Labute approximate surface area is 167 Å². The largest absolute Gasteiger partial charge is 0.490 e. The van der Waals surface area contributed by atoms with Gasteiger partial charge < -0.3 is 10.1 Å². The molecule has 1 fully saturated rings. The first-order valence-corrected chi connectivity index (χ1v) is 9.03. The van der Waals surface area contributed by atoms with E-state index in [-0.39, 0.29) is 6.61 Å². The molecule has 3 aromatic rings. The smallest absolute Gasteiger partial charge is 0.322 e. The van der Waals surface area contributed by atoms with Crippen LogP contribution in [0.2, 0.25) is 0 Å². The van der Waals surface area contributed by atoms with Gasteiger partial charge in [-0.15, -0.1) is 0 Å². The Morgan fingerprint density at radius 3 is 2.03 bits per heavy atom. The topological polar surface area (TPSA) is 91.2 Å². The van der Waals surface area contributed by atoms with E-state index in [9.17, 15) is 9.59 Å². The van der Waals surface area contributed by atoms with Gasteiger partial charge in [0.15, 0.2) is 5.54 Å². The van der Waals surface area contributed by atoms with Gasteiger partial charge in [-0.3, -0.25) is 10.1 Å². The molecule has 1 saturated heterocycles. The van der Waals surface area contributed by atoms with Crippen LogP contribution >= 0.6 is 0 Å². The molecule has 0 aliphatic carbocycles. The maximum Gasteiger partial charge on any atom is 0.322 e. The van der Waals surface area contributed by atoms with Crippen molar-refractivity contribution in [3.05, 3.63) is 90.0 Å². The highest BCUT2D eigenvalue weighted by Gasteiger charge is 2.48. The van der Waals surface area contributed by atoms with E-state index in [4.69, 9.17) is 10.00 Å². The SMILES string of the molecule is N#Cc1ccc(-c2ccc(OCC3(c4ccccc4)NC(=O)NC3=O)cc2)cc1. The number of carbonyl (C=O) groups is 2. The van der Waals surface area contributed by atoms with Crippen LogP contribution < -0.4 is 15.4 Å². The van der Waals surface area contributed by atoms with Crippen molar-refractivity contribution >= 4 is 11.9 Å². The van der Waals surface area contributed by atoms with E-state index in [2.05, 4.69) is 16.7 Å². The minimum absolute atomic E-state index is 0.0369. The number of benzene rings is 3. The molecule has 0 saturated carbocycles. The van der Waals surface area contributed by atoms with Crippen LogP contribution in [0, 0.1) is 11.3 Å². The molecule has 142 valence electrons. The third kappa shape index (κ3) is 3.54. The second kappa shape index (κ2) is 7.49. The van der Waals surface area contributed by atoms with Gasteiger partial charge in [-0.05, 0) is 41.0 Å². The molecule has 0 bridgehead atoms. The lowest BCUT2D eigenvalue weighted by molar-refractivity contribution is -0.125. The number of imide groups is 1. The lowest BCUT2D eigenvalue weighted by Gasteiger charge is -2.26. The molecule has 29 heavy (non-hydrogen) atoms. The lowest BCUT2D eigenvalue weighted by Crippen LogP contribution is -2.48. The molecule has 0 radical (unpaired) electrons. The van der Waals surface area contributed by atoms with E-state index < -0.39 is 17.5 Å². The van der Waals surface area contributed by atoms with Crippen LogP contribution in [0.1, 0.15) is 11.1 Å². The maximum absolute atomic E-state index is 12.5. The highest BCUT2D eigenvalue weighted by Crippen LogP contribution is 2.28. The van der Waals surface area contributed by atoms with Crippen LogP contribution in [0.25, 0.3) is 11.1 Å². The fourth-order valence-corrected chi connectivity index (χ4v) is 3.27. The van der Waals surface area contributed by atoms with Crippen LogP contribution in [0.5, 0.6) is 5.75 Å². The summed E-state index contributed by atoms with van der Waals surface area (Å²) in [5, 5.41) is 13.9. The predicted octanol–water partition coefficient (Wildman–Crippen LogP) is 3.34. The lowest BCUT2D eigenvalue weighted by atomic mass is 9.91. The summed E-state index contributed by atoms with van der Waals surface area (Å²) in [7, 11) is 0. The van der Waals surface area contributed by atoms with Crippen molar-refractivity contribution in [1.82, 2.24) is 10.6 Å². The normalized spacial score (nSPS) is 17.9. The monoisotopic (exact) mass is 383 g/mol. The van der Waals surface area contributed by atoms with Gasteiger partial charge in [0.2, 0.25) is 0 Å². The number of rotatable bonds is 5. The predicted molar refractivity (Wildman–Crippen MR) is 107 cm³/mol. The zero-order valence-electron chi connectivity index (χ0n) is 15.4. The molecule has 2 N–H and O–H groups in total. The van der Waals surface area contributed by atoms with Crippen LogP contribution in [0.15, 0.2) is 78.9 Å². The molecule has 1 atom stereocenters. The number of ether oxygens (including phenoxy) is 1. The number of amides is 3. The number of nitrogens with zero attached hydrogens (tertiary/aromatic N) is 1. The van der Waals surface area contributed by atoms with Crippen molar-refractivity contribution in [2.24, 2.45) is 0 Å².